The number of pyridine rings is 1. The number of likely N-dealkylation sites (tertiary alicyclic amines) is 1. The molecule has 0 N–H and O–H groups in total. The number of carbonyl (C=O) groups excluding carboxylic acids is 1. The third-order valence-electron chi connectivity index (χ3n) is 5.18. The minimum atomic E-state index is 0.0731. The lowest BCUT2D eigenvalue weighted by Crippen LogP contribution is -2.40. The Balaban J connectivity index is 1.33. The van der Waals surface area contributed by atoms with Crippen molar-refractivity contribution >= 4 is 5.91 Å². The predicted molar refractivity (Wildman–Crippen MR) is 102 cm³/mol. The van der Waals surface area contributed by atoms with E-state index in [0.29, 0.717) is 23.2 Å². The molecular weight excluding hydrogens is 356 g/mol. The molecule has 0 aromatic carbocycles. The number of amides is 1. The highest BCUT2D eigenvalue weighted by atomic mass is 16.5. The molecule has 146 valence electrons. The monoisotopic (exact) mass is 380 g/mol. The fraction of sp³-hybridized carbons (Fsp3) is 0.450. The standard InChI is InChI=1S/C20H24N6O2/c1-2-26-14-17(12-22-26)20(27)25-11-3-4-15(13-25)5-6-18-23-19(28-24-18)16-7-9-21-10-8-16/h7-10,12,14-15H,2-6,11,13H2,1H3. The maximum absolute atomic E-state index is 12.7. The largest absolute Gasteiger partial charge is 0.338 e. The van der Waals surface area contributed by atoms with Crippen molar-refractivity contribution in [2.45, 2.75) is 39.2 Å². The van der Waals surface area contributed by atoms with Crippen molar-refractivity contribution in [2.75, 3.05) is 13.1 Å². The molecule has 1 aliphatic heterocycles. The van der Waals surface area contributed by atoms with Crippen LogP contribution in [0.1, 0.15) is 42.4 Å². The quantitative estimate of drug-likeness (QED) is 0.653. The van der Waals surface area contributed by atoms with E-state index in [2.05, 4.69) is 20.2 Å². The number of hydrogen-bond acceptors (Lipinski definition) is 6. The highest BCUT2D eigenvalue weighted by Gasteiger charge is 2.25. The molecule has 4 heterocycles. The summed E-state index contributed by atoms with van der Waals surface area (Å²) in [6, 6.07) is 3.70. The van der Waals surface area contributed by atoms with Gasteiger partial charge in [0.15, 0.2) is 5.82 Å². The van der Waals surface area contributed by atoms with Crippen LogP contribution < -0.4 is 0 Å². The molecule has 1 aliphatic rings. The van der Waals surface area contributed by atoms with Gasteiger partial charge >= 0.3 is 0 Å². The van der Waals surface area contributed by atoms with Gasteiger partial charge in [-0.15, -0.1) is 0 Å². The van der Waals surface area contributed by atoms with Gasteiger partial charge in [0, 0.05) is 50.2 Å². The van der Waals surface area contributed by atoms with E-state index in [1.807, 2.05) is 30.2 Å². The molecule has 0 aliphatic carbocycles. The number of nitrogens with zero attached hydrogens (tertiary/aromatic N) is 6. The predicted octanol–water partition coefficient (Wildman–Crippen LogP) is 2.83. The highest BCUT2D eigenvalue weighted by molar-refractivity contribution is 5.93. The molecule has 1 atom stereocenters. The SMILES string of the molecule is CCn1cc(C(=O)N2CCCC(CCc3noc(-c4ccncc4)n3)C2)cn1. The van der Waals surface area contributed by atoms with E-state index in [9.17, 15) is 4.79 Å². The summed E-state index contributed by atoms with van der Waals surface area (Å²) in [5.41, 5.74) is 1.54. The zero-order valence-electron chi connectivity index (χ0n) is 16.0. The summed E-state index contributed by atoms with van der Waals surface area (Å²) in [5.74, 6) is 1.75. The second-order valence-corrected chi connectivity index (χ2v) is 7.13. The van der Waals surface area contributed by atoms with Crippen LogP contribution in [0.15, 0.2) is 41.4 Å². The first-order chi connectivity index (χ1) is 13.7. The van der Waals surface area contributed by atoms with Crippen molar-refractivity contribution in [1.82, 2.24) is 29.8 Å². The maximum atomic E-state index is 12.7. The molecule has 1 unspecified atom stereocenters. The van der Waals surface area contributed by atoms with Crippen LogP contribution in [0.3, 0.4) is 0 Å². The van der Waals surface area contributed by atoms with Gasteiger partial charge in [-0.05, 0) is 44.2 Å². The average molecular weight is 380 g/mol. The first-order valence-electron chi connectivity index (χ1n) is 9.77. The van der Waals surface area contributed by atoms with Gasteiger partial charge in [-0.2, -0.15) is 10.1 Å². The number of hydrogen-bond donors (Lipinski definition) is 0. The summed E-state index contributed by atoms with van der Waals surface area (Å²) >= 11 is 0. The van der Waals surface area contributed by atoms with Gasteiger partial charge in [0.25, 0.3) is 11.8 Å². The lowest BCUT2D eigenvalue weighted by Gasteiger charge is -2.32. The molecule has 0 radical (unpaired) electrons. The van der Waals surface area contributed by atoms with Gasteiger partial charge in [-0.1, -0.05) is 5.16 Å². The zero-order chi connectivity index (χ0) is 19.3. The van der Waals surface area contributed by atoms with Crippen molar-refractivity contribution in [3.05, 3.63) is 48.3 Å². The van der Waals surface area contributed by atoms with E-state index in [1.165, 1.54) is 0 Å². The van der Waals surface area contributed by atoms with E-state index in [4.69, 9.17) is 4.52 Å². The summed E-state index contributed by atoms with van der Waals surface area (Å²) in [6.07, 6.45) is 10.7. The summed E-state index contributed by atoms with van der Waals surface area (Å²) < 4.78 is 7.14. The second-order valence-electron chi connectivity index (χ2n) is 7.13. The normalized spacial score (nSPS) is 17.0. The molecule has 4 rings (SSSR count). The van der Waals surface area contributed by atoms with Crippen LogP contribution in [0, 0.1) is 5.92 Å². The van der Waals surface area contributed by atoms with E-state index in [0.717, 1.165) is 50.9 Å². The molecule has 1 amide bonds. The van der Waals surface area contributed by atoms with Crippen LogP contribution in [-0.2, 0) is 13.0 Å². The number of piperidine rings is 1. The van der Waals surface area contributed by atoms with Crippen molar-refractivity contribution in [3.63, 3.8) is 0 Å². The average Bonchev–Trinajstić information content (AvgIpc) is 3.42. The molecule has 8 nitrogen and oxygen atoms in total. The number of rotatable bonds is 6. The van der Waals surface area contributed by atoms with Gasteiger partial charge in [-0.25, -0.2) is 0 Å². The Kier molecular flexibility index (Phi) is 5.45. The molecular formula is C20H24N6O2. The Morgan fingerprint density at radius 1 is 1.32 bits per heavy atom. The number of aryl methyl sites for hydroxylation is 2. The molecule has 0 bridgehead atoms. The summed E-state index contributed by atoms with van der Waals surface area (Å²) in [6.45, 7) is 4.35. The Bertz CT molecular complexity index is 920. The van der Waals surface area contributed by atoms with Crippen LogP contribution in [-0.4, -0.2) is 48.8 Å². The third-order valence-corrected chi connectivity index (χ3v) is 5.18. The van der Waals surface area contributed by atoms with Crippen LogP contribution in [0.5, 0.6) is 0 Å². The van der Waals surface area contributed by atoms with E-state index in [1.54, 1.807) is 23.3 Å². The topological polar surface area (TPSA) is 89.9 Å². The van der Waals surface area contributed by atoms with Crippen LogP contribution in [0.25, 0.3) is 11.5 Å². The Morgan fingerprint density at radius 2 is 2.18 bits per heavy atom. The Labute approximate surface area is 163 Å². The zero-order valence-corrected chi connectivity index (χ0v) is 16.0. The first kappa shape index (κ1) is 18.3. The molecule has 3 aromatic heterocycles. The molecule has 1 saturated heterocycles. The summed E-state index contributed by atoms with van der Waals surface area (Å²) in [7, 11) is 0. The van der Waals surface area contributed by atoms with Crippen LogP contribution in [0.4, 0.5) is 0 Å². The van der Waals surface area contributed by atoms with Crippen molar-refractivity contribution in [3.8, 4) is 11.5 Å². The molecule has 8 heteroatoms. The lowest BCUT2D eigenvalue weighted by molar-refractivity contribution is 0.0668. The summed E-state index contributed by atoms with van der Waals surface area (Å²) in [5, 5.41) is 8.30. The fourth-order valence-electron chi connectivity index (χ4n) is 3.62. The molecule has 28 heavy (non-hydrogen) atoms. The highest BCUT2D eigenvalue weighted by Crippen LogP contribution is 2.23. The molecule has 0 saturated carbocycles. The van der Waals surface area contributed by atoms with Gasteiger partial charge in [-0.3, -0.25) is 14.5 Å². The van der Waals surface area contributed by atoms with Crippen LogP contribution in [0.2, 0.25) is 0 Å². The third kappa shape index (κ3) is 4.11. The van der Waals surface area contributed by atoms with E-state index in [-0.39, 0.29) is 5.91 Å². The van der Waals surface area contributed by atoms with Crippen molar-refractivity contribution in [1.29, 1.82) is 0 Å². The molecule has 0 spiro atoms. The maximum Gasteiger partial charge on any atom is 0.258 e. The minimum absolute atomic E-state index is 0.0731. The summed E-state index contributed by atoms with van der Waals surface area (Å²) in [4.78, 5) is 23.2. The Hall–Kier alpha value is -3.03. The van der Waals surface area contributed by atoms with Crippen molar-refractivity contribution < 1.29 is 9.32 Å². The van der Waals surface area contributed by atoms with Crippen LogP contribution >= 0.6 is 0 Å². The van der Waals surface area contributed by atoms with E-state index >= 15 is 0 Å². The van der Waals surface area contributed by atoms with Crippen molar-refractivity contribution in [2.24, 2.45) is 5.92 Å². The fourth-order valence-corrected chi connectivity index (χ4v) is 3.62. The number of carbonyl (C=O) groups is 1. The number of aromatic nitrogens is 5. The Morgan fingerprint density at radius 3 is 2.96 bits per heavy atom. The second kappa shape index (κ2) is 8.33. The van der Waals surface area contributed by atoms with Gasteiger partial charge in [0.05, 0.1) is 11.8 Å². The smallest absolute Gasteiger partial charge is 0.258 e. The molecule has 1 fully saturated rings. The van der Waals surface area contributed by atoms with Gasteiger partial charge < -0.3 is 9.42 Å². The van der Waals surface area contributed by atoms with Gasteiger partial charge in [0.2, 0.25) is 0 Å². The molecule has 3 aromatic rings. The van der Waals surface area contributed by atoms with Gasteiger partial charge in [0.1, 0.15) is 0 Å². The minimum Gasteiger partial charge on any atom is -0.338 e. The lowest BCUT2D eigenvalue weighted by atomic mass is 9.93. The first-order valence-corrected chi connectivity index (χ1v) is 9.77. The van der Waals surface area contributed by atoms with E-state index < -0.39 is 0 Å².